The van der Waals surface area contributed by atoms with Crippen molar-refractivity contribution < 1.29 is 22.7 Å². The molecule has 2 aromatic rings. The Labute approximate surface area is 160 Å². The van der Waals surface area contributed by atoms with Gasteiger partial charge in [0.25, 0.3) is 0 Å². The van der Waals surface area contributed by atoms with Gasteiger partial charge in [0.05, 0.1) is 11.9 Å². The minimum atomic E-state index is -3.64. The number of fused-ring (bicyclic) bond motifs is 1. The number of sulfonamides is 1. The van der Waals surface area contributed by atoms with Crippen molar-refractivity contribution in [1.29, 1.82) is 0 Å². The van der Waals surface area contributed by atoms with Gasteiger partial charge in [-0.25, -0.2) is 8.42 Å². The SMILES string of the molecule is CS(=O)(=O)N(CC(=O)Nc1ccc2c(c1)OCCO2)c1ccccc1Br. The van der Waals surface area contributed by atoms with Gasteiger partial charge in [0, 0.05) is 16.2 Å². The molecule has 1 amide bonds. The molecule has 0 saturated heterocycles. The molecule has 0 saturated carbocycles. The summed E-state index contributed by atoms with van der Waals surface area (Å²) in [5, 5.41) is 2.69. The highest BCUT2D eigenvalue weighted by Gasteiger charge is 2.23. The summed E-state index contributed by atoms with van der Waals surface area (Å²) in [6.45, 7) is 0.568. The van der Waals surface area contributed by atoms with Crippen LogP contribution in [0.1, 0.15) is 0 Å². The number of benzene rings is 2. The van der Waals surface area contributed by atoms with E-state index in [1.807, 2.05) is 0 Å². The Morgan fingerprint density at radius 3 is 2.54 bits per heavy atom. The Morgan fingerprint density at radius 1 is 1.15 bits per heavy atom. The van der Waals surface area contributed by atoms with Crippen LogP contribution in [0.4, 0.5) is 11.4 Å². The number of anilines is 2. The van der Waals surface area contributed by atoms with Crippen LogP contribution in [0.15, 0.2) is 46.9 Å². The Bertz CT molecular complexity index is 933. The van der Waals surface area contributed by atoms with Crippen LogP contribution in [0, 0.1) is 0 Å². The van der Waals surface area contributed by atoms with Crippen molar-refractivity contribution in [1.82, 2.24) is 0 Å². The lowest BCUT2D eigenvalue weighted by atomic mass is 10.2. The van der Waals surface area contributed by atoms with E-state index in [9.17, 15) is 13.2 Å². The molecule has 26 heavy (non-hydrogen) atoms. The van der Waals surface area contributed by atoms with Crippen molar-refractivity contribution >= 4 is 43.2 Å². The summed E-state index contributed by atoms with van der Waals surface area (Å²) < 4.78 is 36.8. The zero-order valence-electron chi connectivity index (χ0n) is 13.9. The molecule has 138 valence electrons. The number of ether oxygens (including phenoxy) is 2. The average molecular weight is 441 g/mol. The summed E-state index contributed by atoms with van der Waals surface area (Å²) in [6.07, 6.45) is 1.06. The number of nitrogens with zero attached hydrogens (tertiary/aromatic N) is 1. The van der Waals surface area contributed by atoms with Gasteiger partial charge in [-0.05, 0) is 40.2 Å². The summed E-state index contributed by atoms with van der Waals surface area (Å²) in [7, 11) is -3.64. The Hall–Kier alpha value is -2.26. The lowest BCUT2D eigenvalue weighted by Crippen LogP contribution is -2.37. The quantitative estimate of drug-likeness (QED) is 0.772. The zero-order chi connectivity index (χ0) is 18.7. The highest BCUT2D eigenvalue weighted by atomic mass is 79.9. The number of carbonyl (C=O) groups excluding carboxylic acids is 1. The van der Waals surface area contributed by atoms with Gasteiger partial charge in [-0.15, -0.1) is 0 Å². The second kappa shape index (κ2) is 7.55. The standard InChI is InChI=1S/C17H17BrN2O5S/c1-26(22,23)20(14-5-3-2-4-13(14)18)11-17(21)19-12-6-7-15-16(10-12)25-9-8-24-15/h2-7,10H,8-9,11H2,1H3,(H,19,21). The third-order valence-electron chi connectivity index (χ3n) is 3.63. The van der Waals surface area contributed by atoms with Crippen molar-refractivity contribution in [3.8, 4) is 11.5 Å². The van der Waals surface area contributed by atoms with E-state index in [2.05, 4.69) is 21.2 Å². The first-order valence-corrected chi connectivity index (χ1v) is 10.4. The first-order chi connectivity index (χ1) is 12.3. The van der Waals surface area contributed by atoms with E-state index < -0.39 is 15.9 Å². The number of rotatable bonds is 5. The van der Waals surface area contributed by atoms with Crippen molar-refractivity contribution in [3.63, 3.8) is 0 Å². The van der Waals surface area contributed by atoms with Gasteiger partial charge < -0.3 is 14.8 Å². The van der Waals surface area contributed by atoms with E-state index in [0.717, 1.165) is 10.6 Å². The third kappa shape index (κ3) is 4.28. The van der Waals surface area contributed by atoms with Crippen molar-refractivity contribution in [2.45, 2.75) is 0 Å². The molecule has 3 rings (SSSR count). The number of nitrogens with one attached hydrogen (secondary N) is 1. The topological polar surface area (TPSA) is 84.9 Å². The second-order valence-electron chi connectivity index (χ2n) is 5.63. The summed E-state index contributed by atoms with van der Waals surface area (Å²) >= 11 is 3.32. The molecule has 0 radical (unpaired) electrons. The molecule has 0 fully saturated rings. The van der Waals surface area contributed by atoms with Gasteiger partial charge in [-0.1, -0.05) is 12.1 Å². The number of hydrogen-bond acceptors (Lipinski definition) is 5. The number of amides is 1. The first-order valence-electron chi connectivity index (χ1n) is 7.76. The molecular weight excluding hydrogens is 424 g/mol. The fourth-order valence-electron chi connectivity index (χ4n) is 2.49. The maximum absolute atomic E-state index is 12.4. The minimum absolute atomic E-state index is 0.351. The highest BCUT2D eigenvalue weighted by Crippen LogP contribution is 2.33. The van der Waals surface area contributed by atoms with Crippen molar-refractivity contribution in [3.05, 3.63) is 46.9 Å². The van der Waals surface area contributed by atoms with Crippen LogP contribution in [0.5, 0.6) is 11.5 Å². The Morgan fingerprint density at radius 2 is 1.85 bits per heavy atom. The molecule has 2 aromatic carbocycles. The van der Waals surface area contributed by atoms with Crippen LogP contribution in [-0.4, -0.2) is 40.3 Å². The lowest BCUT2D eigenvalue weighted by Gasteiger charge is -2.23. The molecule has 0 aliphatic carbocycles. The van der Waals surface area contributed by atoms with Crippen LogP contribution >= 0.6 is 15.9 Å². The molecule has 7 nitrogen and oxygen atoms in total. The van der Waals surface area contributed by atoms with Gasteiger partial charge >= 0.3 is 0 Å². The van der Waals surface area contributed by atoms with Gasteiger partial charge in [-0.2, -0.15) is 0 Å². The van der Waals surface area contributed by atoms with E-state index in [0.29, 0.717) is 40.6 Å². The second-order valence-corrected chi connectivity index (χ2v) is 8.39. The predicted octanol–water partition coefficient (Wildman–Crippen LogP) is 2.62. The molecular formula is C17H17BrN2O5S. The van der Waals surface area contributed by atoms with Gasteiger partial charge in [0.15, 0.2) is 11.5 Å². The van der Waals surface area contributed by atoms with Crippen LogP contribution < -0.4 is 19.1 Å². The molecule has 0 aromatic heterocycles. The Kier molecular flexibility index (Phi) is 5.38. The molecule has 1 N–H and O–H groups in total. The normalized spacial score (nSPS) is 13.2. The largest absolute Gasteiger partial charge is 0.486 e. The fraction of sp³-hybridized carbons (Fsp3) is 0.235. The Balaban J connectivity index is 1.78. The molecule has 0 unspecified atom stereocenters. The predicted molar refractivity (Wildman–Crippen MR) is 102 cm³/mol. The minimum Gasteiger partial charge on any atom is -0.486 e. The highest BCUT2D eigenvalue weighted by molar-refractivity contribution is 9.10. The lowest BCUT2D eigenvalue weighted by molar-refractivity contribution is -0.114. The number of halogens is 1. The average Bonchev–Trinajstić information content (AvgIpc) is 2.59. The van der Waals surface area contributed by atoms with Crippen molar-refractivity contribution in [2.24, 2.45) is 0 Å². The van der Waals surface area contributed by atoms with Crippen molar-refractivity contribution in [2.75, 3.05) is 35.6 Å². The van der Waals surface area contributed by atoms with E-state index in [4.69, 9.17) is 9.47 Å². The van der Waals surface area contributed by atoms with E-state index >= 15 is 0 Å². The molecule has 0 atom stereocenters. The van der Waals surface area contributed by atoms with Crippen LogP contribution in [0.2, 0.25) is 0 Å². The van der Waals surface area contributed by atoms with Crippen LogP contribution in [0.3, 0.4) is 0 Å². The van der Waals surface area contributed by atoms with Gasteiger partial charge in [0.2, 0.25) is 15.9 Å². The first kappa shape index (κ1) is 18.5. The summed E-state index contributed by atoms with van der Waals surface area (Å²) in [5.41, 5.74) is 0.896. The van der Waals surface area contributed by atoms with Crippen LogP contribution in [-0.2, 0) is 14.8 Å². The van der Waals surface area contributed by atoms with E-state index in [1.165, 1.54) is 0 Å². The number of para-hydroxylation sites is 1. The maximum Gasteiger partial charge on any atom is 0.245 e. The molecule has 1 aliphatic rings. The summed E-state index contributed by atoms with van der Waals surface area (Å²) in [4.78, 5) is 12.4. The van der Waals surface area contributed by atoms with Gasteiger partial charge in [0.1, 0.15) is 19.8 Å². The van der Waals surface area contributed by atoms with Gasteiger partial charge in [-0.3, -0.25) is 9.10 Å². The zero-order valence-corrected chi connectivity index (χ0v) is 16.3. The summed E-state index contributed by atoms with van der Waals surface area (Å²) in [5.74, 6) is 0.683. The molecule has 9 heteroatoms. The number of hydrogen-bond donors (Lipinski definition) is 1. The maximum atomic E-state index is 12.4. The van der Waals surface area contributed by atoms with E-state index in [-0.39, 0.29) is 6.54 Å². The molecule has 1 aliphatic heterocycles. The summed E-state index contributed by atoms with van der Waals surface area (Å²) in [6, 6.07) is 11.8. The molecule has 1 heterocycles. The molecule has 0 spiro atoms. The third-order valence-corrected chi connectivity index (χ3v) is 5.43. The van der Waals surface area contributed by atoms with Crippen LogP contribution in [0.25, 0.3) is 0 Å². The fourth-order valence-corrected chi connectivity index (χ4v) is 3.97. The molecule has 0 bridgehead atoms. The monoisotopic (exact) mass is 440 g/mol. The smallest absolute Gasteiger partial charge is 0.245 e. The van der Waals surface area contributed by atoms with E-state index in [1.54, 1.807) is 42.5 Å². The number of carbonyl (C=O) groups is 1.